The fourth-order valence-electron chi connectivity index (χ4n) is 3.04. The molecule has 1 aromatic carbocycles. The Bertz CT molecular complexity index is 474. The SMILES string of the molecule is CC1CCCC(N(C)C(=O)NC(C)c2ccc(Cl)cc2)C1. The van der Waals surface area contributed by atoms with Gasteiger partial charge >= 0.3 is 6.03 Å². The predicted octanol–water partition coefficient (Wildman–Crippen LogP) is 4.62. The second-order valence-corrected chi connectivity index (χ2v) is 6.70. The molecule has 3 unspecified atom stereocenters. The summed E-state index contributed by atoms with van der Waals surface area (Å²) in [5.74, 6) is 0.715. The van der Waals surface area contributed by atoms with E-state index in [9.17, 15) is 4.79 Å². The zero-order chi connectivity index (χ0) is 15.4. The third kappa shape index (κ3) is 4.37. The molecule has 1 aromatic rings. The number of benzene rings is 1. The summed E-state index contributed by atoms with van der Waals surface area (Å²) in [6.07, 6.45) is 4.73. The third-order valence-electron chi connectivity index (χ3n) is 4.49. The first-order valence-electron chi connectivity index (χ1n) is 7.76. The van der Waals surface area contributed by atoms with E-state index < -0.39 is 0 Å². The summed E-state index contributed by atoms with van der Waals surface area (Å²) in [5.41, 5.74) is 1.07. The Labute approximate surface area is 132 Å². The summed E-state index contributed by atoms with van der Waals surface area (Å²) < 4.78 is 0. The van der Waals surface area contributed by atoms with Crippen LogP contribution in [0.1, 0.15) is 51.1 Å². The van der Waals surface area contributed by atoms with Crippen molar-refractivity contribution in [1.29, 1.82) is 0 Å². The van der Waals surface area contributed by atoms with Crippen molar-refractivity contribution in [1.82, 2.24) is 10.2 Å². The second-order valence-electron chi connectivity index (χ2n) is 6.26. The highest BCUT2D eigenvalue weighted by Crippen LogP contribution is 2.27. The summed E-state index contributed by atoms with van der Waals surface area (Å²) in [7, 11) is 1.91. The van der Waals surface area contributed by atoms with Gasteiger partial charge in [0, 0.05) is 18.1 Å². The van der Waals surface area contributed by atoms with Crippen LogP contribution >= 0.6 is 11.6 Å². The Morgan fingerprint density at radius 1 is 1.33 bits per heavy atom. The Hall–Kier alpha value is -1.22. The van der Waals surface area contributed by atoms with Crippen molar-refractivity contribution >= 4 is 17.6 Å². The molecule has 0 saturated heterocycles. The van der Waals surface area contributed by atoms with Crippen LogP contribution in [0, 0.1) is 5.92 Å². The van der Waals surface area contributed by atoms with Gasteiger partial charge in [-0.05, 0) is 43.4 Å². The number of hydrogen-bond donors (Lipinski definition) is 1. The zero-order valence-corrected chi connectivity index (χ0v) is 13.9. The number of hydrogen-bond acceptors (Lipinski definition) is 1. The van der Waals surface area contributed by atoms with Crippen molar-refractivity contribution in [2.24, 2.45) is 5.92 Å². The van der Waals surface area contributed by atoms with Gasteiger partial charge in [-0.2, -0.15) is 0 Å². The maximum Gasteiger partial charge on any atom is 0.317 e. The Morgan fingerprint density at radius 3 is 2.62 bits per heavy atom. The molecule has 116 valence electrons. The van der Waals surface area contributed by atoms with Crippen molar-refractivity contribution in [3.63, 3.8) is 0 Å². The molecule has 1 N–H and O–H groups in total. The zero-order valence-electron chi connectivity index (χ0n) is 13.1. The van der Waals surface area contributed by atoms with Crippen LogP contribution in [0.2, 0.25) is 5.02 Å². The molecule has 2 amide bonds. The molecular formula is C17H25ClN2O. The van der Waals surface area contributed by atoms with Gasteiger partial charge in [0.05, 0.1) is 6.04 Å². The molecule has 0 aliphatic heterocycles. The number of urea groups is 1. The lowest BCUT2D eigenvalue weighted by Gasteiger charge is -2.34. The number of carbonyl (C=O) groups excluding carboxylic acids is 1. The van der Waals surface area contributed by atoms with Gasteiger partial charge in [0.1, 0.15) is 0 Å². The Morgan fingerprint density at radius 2 is 2.00 bits per heavy atom. The van der Waals surface area contributed by atoms with Crippen molar-refractivity contribution < 1.29 is 4.79 Å². The molecule has 0 radical (unpaired) electrons. The van der Waals surface area contributed by atoms with Crippen LogP contribution in [-0.4, -0.2) is 24.0 Å². The molecule has 1 saturated carbocycles. The van der Waals surface area contributed by atoms with Crippen LogP contribution in [0.4, 0.5) is 4.79 Å². The fourth-order valence-corrected chi connectivity index (χ4v) is 3.17. The van der Waals surface area contributed by atoms with Crippen molar-refractivity contribution in [3.05, 3.63) is 34.9 Å². The molecule has 21 heavy (non-hydrogen) atoms. The monoisotopic (exact) mass is 308 g/mol. The van der Waals surface area contributed by atoms with Crippen LogP contribution in [-0.2, 0) is 0 Å². The number of nitrogens with one attached hydrogen (secondary N) is 1. The fraction of sp³-hybridized carbons (Fsp3) is 0.588. The van der Waals surface area contributed by atoms with Crippen LogP contribution in [0.15, 0.2) is 24.3 Å². The van der Waals surface area contributed by atoms with E-state index in [2.05, 4.69) is 12.2 Å². The van der Waals surface area contributed by atoms with Gasteiger partial charge in [0.15, 0.2) is 0 Å². The van der Waals surface area contributed by atoms with E-state index in [0.717, 1.165) is 18.4 Å². The van der Waals surface area contributed by atoms with E-state index >= 15 is 0 Å². The summed E-state index contributed by atoms with van der Waals surface area (Å²) in [6.45, 7) is 4.27. The standard InChI is InChI=1S/C17H25ClN2O/c1-12-5-4-6-16(11-12)20(3)17(21)19-13(2)14-7-9-15(18)10-8-14/h7-10,12-13,16H,4-6,11H2,1-3H3,(H,19,21). The third-order valence-corrected chi connectivity index (χ3v) is 4.74. The summed E-state index contributed by atoms with van der Waals surface area (Å²) >= 11 is 5.89. The normalized spacial score (nSPS) is 23.4. The van der Waals surface area contributed by atoms with Gasteiger partial charge in [-0.1, -0.05) is 43.5 Å². The predicted molar refractivity (Wildman–Crippen MR) is 87.6 cm³/mol. The minimum Gasteiger partial charge on any atom is -0.331 e. The van der Waals surface area contributed by atoms with Crippen LogP contribution in [0.5, 0.6) is 0 Å². The topological polar surface area (TPSA) is 32.3 Å². The molecular weight excluding hydrogens is 284 g/mol. The minimum atomic E-state index is -0.0155. The molecule has 0 aromatic heterocycles. The molecule has 3 atom stereocenters. The van der Waals surface area contributed by atoms with Gasteiger partial charge in [-0.3, -0.25) is 0 Å². The van der Waals surface area contributed by atoms with Crippen molar-refractivity contribution in [3.8, 4) is 0 Å². The average molecular weight is 309 g/mol. The smallest absolute Gasteiger partial charge is 0.317 e. The van der Waals surface area contributed by atoms with Gasteiger partial charge in [-0.25, -0.2) is 4.79 Å². The molecule has 1 aliphatic rings. The lowest BCUT2D eigenvalue weighted by molar-refractivity contribution is 0.158. The van der Waals surface area contributed by atoms with E-state index in [4.69, 9.17) is 11.6 Å². The van der Waals surface area contributed by atoms with E-state index in [1.807, 2.05) is 43.1 Å². The summed E-state index contributed by atoms with van der Waals surface area (Å²) in [5, 5.41) is 3.78. The maximum absolute atomic E-state index is 12.4. The minimum absolute atomic E-state index is 0.0107. The highest BCUT2D eigenvalue weighted by Gasteiger charge is 2.26. The summed E-state index contributed by atoms with van der Waals surface area (Å²) in [4.78, 5) is 14.3. The molecule has 0 bridgehead atoms. The molecule has 2 rings (SSSR count). The van der Waals surface area contributed by atoms with E-state index in [1.54, 1.807) is 0 Å². The van der Waals surface area contributed by atoms with Gasteiger partial charge < -0.3 is 10.2 Å². The van der Waals surface area contributed by atoms with Crippen molar-refractivity contribution in [2.75, 3.05) is 7.05 Å². The highest BCUT2D eigenvalue weighted by atomic mass is 35.5. The van der Waals surface area contributed by atoms with Gasteiger partial charge in [0.2, 0.25) is 0 Å². The number of nitrogens with zero attached hydrogens (tertiary/aromatic N) is 1. The Balaban J connectivity index is 1.92. The maximum atomic E-state index is 12.4. The van der Waals surface area contributed by atoms with E-state index in [-0.39, 0.29) is 12.1 Å². The van der Waals surface area contributed by atoms with Crippen LogP contribution in [0.25, 0.3) is 0 Å². The summed E-state index contributed by atoms with van der Waals surface area (Å²) in [6, 6.07) is 7.98. The highest BCUT2D eigenvalue weighted by molar-refractivity contribution is 6.30. The quantitative estimate of drug-likeness (QED) is 0.868. The lowest BCUT2D eigenvalue weighted by Crippen LogP contribution is -2.45. The number of halogens is 1. The molecule has 3 nitrogen and oxygen atoms in total. The molecule has 1 fully saturated rings. The Kier molecular flexibility index (Phi) is 5.51. The average Bonchev–Trinajstić information content (AvgIpc) is 2.47. The number of carbonyl (C=O) groups is 1. The molecule has 1 aliphatic carbocycles. The largest absolute Gasteiger partial charge is 0.331 e. The molecule has 0 heterocycles. The van der Waals surface area contributed by atoms with Gasteiger partial charge in [0.25, 0.3) is 0 Å². The number of amides is 2. The molecule has 4 heteroatoms. The first-order chi connectivity index (χ1) is 9.97. The lowest BCUT2D eigenvalue weighted by atomic mass is 9.86. The van der Waals surface area contributed by atoms with Crippen molar-refractivity contribution in [2.45, 2.75) is 51.6 Å². The first kappa shape index (κ1) is 16.2. The van der Waals surface area contributed by atoms with E-state index in [0.29, 0.717) is 17.0 Å². The number of rotatable bonds is 3. The second kappa shape index (κ2) is 7.17. The molecule has 0 spiro atoms. The first-order valence-corrected chi connectivity index (χ1v) is 8.14. The van der Waals surface area contributed by atoms with E-state index in [1.165, 1.54) is 12.8 Å². The van der Waals surface area contributed by atoms with Crippen LogP contribution in [0.3, 0.4) is 0 Å². The van der Waals surface area contributed by atoms with Gasteiger partial charge in [-0.15, -0.1) is 0 Å². The van der Waals surface area contributed by atoms with Crippen LogP contribution < -0.4 is 5.32 Å².